The first-order valence-corrected chi connectivity index (χ1v) is 20.5. The molecule has 0 spiro atoms. The standard InChI is InChI=1S/C56H42N2/c1-55(2)47-18-10-8-16-43(47)44-29-27-42(34-49(44)55)57(41-28-30-52-46(33-41)45-17-9-11-20-51(45)58(52)39-14-6-5-7-15-39)40-25-23-35(24-26-40)38-31-37-22-21-36-13-12-19-48-53(36)54(37)50(32-38)56(48,3)4/h5-34H,1-4H3. The Kier molecular flexibility index (Phi) is 6.78. The molecule has 58 heavy (non-hydrogen) atoms. The zero-order chi connectivity index (χ0) is 38.9. The van der Waals surface area contributed by atoms with Crippen LogP contribution in [0, 0.1) is 0 Å². The second-order valence-corrected chi connectivity index (χ2v) is 17.4. The highest BCUT2D eigenvalue weighted by atomic mass is 15.1. The molecular formula is C56H42N2. The number of aromatic nitrogens is 1. The Balaban J connectivity index is 1.03. The maximum atomic E-state index is 2.45. The van der Waals surface area contributed by atoms with Crippen LogP contribution in [0.2, 0.25) is 0 Å². The first-order valence-electron chi connectivity index (χ1n) is 20.5. The molecular weight excluding hydrogens is 701 g/mol. The van der Waals surface area contributed by atoms with E-state index in [0.717, 1.165) is 17.1 Å². The van der Waals surface area contributed by atoms with E-state index in [-0.39, 0.29) is 10.8 Å². The summed E-state index contributed by atoms with van der Waals surface area (Å²) in [5.41, 5.74) is 17.6. The summed E-state index contributed by atoms with van der Waals surface area (Å²) in [7, 11) is 0. The Labute approximate surface area is 339 Å². The van der Waals surface area contributed by atoms with Crippen LogP contribution < -0.4 is 4.90 Å². The molecule has 10 aromatic rings. The van der Waals surface area contributed by atoms with E-state index in [1.807, 2.05) is 0 Å². The topological polar surface area (TPSA) is 8.17 Å². The van der Waals surface area contributed by atoms with Gasteiger partial charge in [-0.15, -0.1) is 0 Å². The molecule has 0 saturated heterocycles. The van der Waals surface area contributed by atoms with Crippen LogP contribution in [0.5, 0.6) is 0 Å². The highest BCUT2D eigenvalue weighted by molar-refractivity contribution is 6.16. The quantitative estimate of drug-likeness (QED) is 0.159. The minimum atomic E-state index is -0.110. The van der Waals surface area contributed by atoms with E-state index >= 15 is 0 Å². The molecule has 276 valence electrons. The minimum absolute atomic E-state index is 0.0581. The van der Waals surface area contributed by atoms with Crippen molar-refractivity contribution in [3.8, 4) is 27.9 Å². The van der Waals surface area contributed by atoms with Crippen LogP contribution in [0.4, 0.5) is 17.1 Å². The fourth-order valence-electron chi connectivity index (χ4n) is 10.6. The van der Waals surface area contributed by atoms with Gasteiger partial charge in [0.25, 0.3) is 0 Å². The summed E-state index contributed by atoms with van der Waals surface area (Å²) in [4.78, 5) is 2.45. The third kappa shape index (κ3) is 4.54. The van der Waals surface area contributed by atoms with E-state index in [4.69, 9.17) is 0 Å². The molecule has 0 saturated carbocycles. The molecule has 12 rings (SSSR count). The van der Waals surface area contributed by atoms with Gasteiger partial charge in [0.05, 0.1) is 11.0 Å². The van der Waals surface area contributed by atoms with Gasteiger partial charge in [-0.25, -0.2) is 0 Å². The van der Waals surface area contributed by atoms with Crippen LogP contribution in [0.3, 0.4) is 0 Å². The summed E-state index contributed by atoms with van der Waals surface area (Å²) in [6.45, 7) is 9.49. The number of fused-ring (bicyclic) bond motifs is 6. The van der Waals surface area contributed by atoms with Gasteiger partial charge in [-0.2, -0.15) is 0 Å². The molecule has 9 aromatic carbocycles. The van der Waals surface area contributed by atoms with E-state index in [1.165, 1.54) is 93.5 Å². The van der Waals surface area contributed by atoms with Gasteiger partial charge in [0.1, 0.15) is 0 Å². The van der Waals surface area contributed by atoms with Crippen molar-refractivity contribution in [1.29, 1.82) is 0 Å². The van der Waals surface area contributed by atoms with E-state index in [0.29, 0.717) is 0 Å². The van der Waals surface area contributed by atoms with Crippen molar-refractivity contribution in [2.24, 2.45) is 0 Å². The lowest BCUT2D eigenvalue weighted by Gasteiger charge is -2.28. The lowest BCUT2D eigenvalue weighted by molar-refractivity contribution is 0.660. The van der Waals surface area contributed by atoms with Crippen molar-refractivity contribution in [2.75, 3.05) is 4.90 Å². The van der Waals surface area contributed by atoms with Crippen LogP contribution in [0.1, 0.15) is 49.9 Å². The fourth-order valence-corrected chi connectivity index (χ4v) is 10.6. The fraction of sp³-hybridized carbons (Fsp3) is 0.107. The summed E-state index contributed by atoms with van der Waals surface area (Å²) in [5.74, 6) is 0. The largest absolute Gasteiger partial charge is 0.310 e. The molecule has 2 aliphatic carbocycles. The number of anilines is 3. The van der Waals surface area contributed by atoms with Crippen molar-refractivity contribution < 1.29 is 0 Å². The van der Waals surface area contributed by atoms with Crippen molar-refractivity contribution in [3.63, 3.8) is 0 Å². The lowest BCUT2D eigenvalue weighted by atomic mass is 9.81. The van der Waals surface area contributed by atoms with E-state index < -0.39 is 0 Å². The Morgan fingerprint density at radius 2 is 1.02 bits per heavy atom. The molecule has 1 heterocycles. The normalized spacial score (nSPS) is 14.5. The zero-order valence-electron chi connectivity index (χ0n) is 33.2. The molecule has 0 atom stereocenters. The smallest absolute Gasteiger partial charge is 0.0542 e. The molecule has 0 aliphatic heterocycles. The van der Waals surface area contributed by atoms with Crippen LogP contribution in [-0.4, -0.2) is 4.57 Å². The van der Waals surface area contributed by atoms with Crippen molar-refractivity contribution >= 4 is 60.4 Å². The van der Waals surface area contributed by atoms with Crippen LogP contribution in [-0.2, 0) is 10.8 Å². The Hall–Kier alpha value is -6.90. The summed E-state index contributed by atoms with van der Waals surface area (Å²) in [6, 6.07) is 68.0. The molecule has 0 radical (unpaired) electrons. The number of benzene rings is 9. The first kappa shape index (κ1) is 33.3. The summed E-state index contributed by atoms with van der Waals surface area (Å²) >= 11 is 0. The predicted molar refractivity (Wildman–Crippen MR) is 246 cm³/mol. The molecule has 0 amide bonds. The molecule has 2 heteroatoms. The maximum Gasteiger partial charge on any atom is 0.0542 e. The van der Waals surface area contributed by atoms with Crippen LogP contribution in [0.25, 0.3) is 71.3 Å². The van der Waals surface area contributed by atoms with Crippen molar-refractivity contribution in [3.05, 3.63) is 204 Å². The third-order valence-electron chi connectivity index (χ3n) is 13.5. The molecule has 2 nitrogen and oxygen atoms in total. The predicted octanol–water partition coefficient (Wildman–Crippen LogP) is 15.2. The minimum Gasteiger partial charge on any atom is -0.310 e. The van der Waals surface area contributed by atoms with Crippen molar-refractivity contribution in [1.82, 2.24) is 4.57 Å². The van der Waals surface area contributed by atoms with E-state index in [2.05, 4.69) is 219 Å². The highest BCUT2D eigenvalue weighted by Crippen LogP contribution is 2.52. The highest BCUT2D eigenvalue weighted by Gasteiger charge is 2.36. The van der Waals surface area contributed by atoms with Gasteiger partial charge < -0.3 is 9.47 Å². The number of rotatable bonds is 5. The molecule has 0 N–H and O–H groups in total. The maximum absolute atomic E-state index is 2.45. The number of nitrogens with zero attached hydrogens (tertiary/aromatic N) is 2. The number of hydrogen-bond donors (Lipinski definition) is 0. The van der Waals surface area contributed by atoms with Crippen molar-refractivity contribution in [2.45, 2.75) is 38.5 Å². The van der Waals surface area contributed by atoms with Crippen LogP contribution in [0.15, 0.2) is 182 Å². The molecule has 1 aromatic heterocycles. The van der Waals surface area contributed by atoms with Gasteiger partial charge in [0, 0.05) is 44.4 Å². The third-order valence-corrected chi connectivity index (χ3v) is 13.5. The lowest BCUT2D eigenvalue weighted by Crippen LogP contribution is -2.16. The van der Waals surface area contributed by atoms with E-state index in [1.54, 1.807) is 0 Å². The van der Waals surface area contributed by atoms with Gasteiger partial charge >= 0.3 is 0 Å². The number of hydrogen-bond acceptors (Lipinski definition) is 1. The molecule has 0 fully saturated rings. The summed E-state index contributed by atoms with van der Waals surface area (Å²) in [6.07, 6.45) is 0. The average molecular weight is 743 g/mol. The second kappa shape index (κ2) is 11.8. The molecule has 0 unspecified atom stereocenters. The Bertz CT molecular complexity index is 3330. The van der Waals surface area contributed by atoms with Gasteiger partial charge in [-0.05, 0) is 139 Å². The molecule has 0 bridgehead atoms. The van der Waals surface area contributed by atoms with Crippen LogP contribution >= 0.6 is 0 Å². The summed E-state index contributed by atoms with van der Waals surface area (Å²) < 4.78 is 2.39. The SMILES string of the molecule is CC1(C)c2ccccc2-c2ccc(N(c3ccc(-c4cc5c6c(ccc7cccc(c76)C5(C)C)c4)cc3)c3ccc4c(c3)c3ccccc3n4-c3ccccc3)cc21. The first-order chi connectivity index (χ1) is 28.3. The second-order valence-electron chi connectivity index (χ2n) is 17.4. The summed E-state index contributed by atoms with van der Waals surface area (Å²) in [5, 5.41) is 7.96. The average Bonchev–Trinajstić information content (AvgIpc) is 3.80. The van der Waals surface area contributed by atoms with Gasteiger partial charge in [-0.1, -0.05) is 137 Å². The van der Waals surface area contributed by atoms with Gasteiger partial charge in [0.15, 0.2) is 0 Å². The zero-order valence-corrected chi connectivity index (χ0v) is 33.2. The van der Waals surface area contributed by atoms with E-state index in [9.17, 15) is 0 Å². The monoisotopic (exact) mass is 742 g/mol. The Morgan fingerprint density at radius 1 is 0.379 bits per heavy atom. The molecule has 2 aliphatic rings. The van der Waals surface area contributed by atoms with Gasteiger partial charge in [-0.3, -0.25) is 0 Å². The Morgan fingerprint density at radius 3 is 1.88 bits per heavy atom. The number of para-hydroxylation sites is 2. The van der Waals surface area contributed by atoms with Gasteiger partial charge in [0.2, 0.25) is 0 Å².